The largest absolute Gasteiger partial charge is 0.293 e. The molecule has 1 heterocycles. The van der Waals surface area contributed by atoms with Crippen molar-refractivity contribution in [1.29, 1.82) is 0 Å². The predicted octanol–water partition coefficient (Wildman–Crippen LogP) is 5.85. The van der Waals surface area contributed by atoms with Crippen LogP contribution in [0.4, 0.5) is 5.69 Å². The Morgan fingerprint density at radius 1 is 0.720 bits per heavy atom. The zero-order chi connectivity index (χ0) is 17.1. The van der Waals surface area contributed by atoms with Crippen molar-refractivity contribution in [3.63, 3.8) is 0 Å². The zero-order valence-corrected chi connectivity index (χ0v) is 15.0. The maximum Gasteiger partial charge on any atom is 0.116 e. The number of hydrogen-bond donors (Lipinski definition) is 1. The van der Waals surface area contributed by atoms with E-state index < -0.39 is 0 Å². The fourth-order valence-corrected chi connectivity index (χ4v) is 3.04. The van der Waals surface area contributed by atoms with Gasteiger partial charge in [-0.05, 0) is 24.3 Å². The second-order valence-electron chi connectivity index (χ2n) is 5.66. The van der Waals surface area contributed by atoms with Gasteiger partial charge in [-0.1, -0.05) is 76.6 Å². The molecule has 4 aromatic rings. The number of imidazole rings is 1. The van der Waals surface area contributed by atoms with Crippen LogP contribution in [0.15, 0.2) is 95.7 Å². The van der Waals surface area contributed by atoms with Gasteiger partial charge in [0, 0.05) is 15.6 Å². The molecule has 25 heavy (non-hydrogen) atoms. The number of rotatable bonds is 4. The molecule has 1 N–H and O–H groups in total. The molecule has 0 unspecified atom stereocenters. The average molecular weight is 390 g/mol. The van der Waals surface area contributed by atoms with E-state index in [9.17, 15) is 0 Å². The van der Waals surface area contributed by atoms with E-state index >= 15 is 0 Å². The van der Waals surface area contributed by atoms with Crippen LogP contribution in [0.2, 0.25) is 0 Å². The van der Waals surface area contributed by atoms with E-state index in [-0.39, 0.29) is 0 Å². The molecule has 0 radical (unpaired) electrons. The first-order valence-corrected chi connectivity index (χ1v) is 8.81. The summed E-state index contributed by atoms with van der Waals surface area (Å²) >= 11 is 3.47. The van der Waals surface area contributed by atoms with Gasteiger partial charge in [0.05, 0.1) is 17.1 Å². The molecule has 4 rings (SSSR count). The molecule has 0 fully saturated rings. The van der Waals surface area contributed by atoms with Crippen molar-refractivity contribution in [1.82, 2.24) is 9.66 Å². The molecule has 0 spiro atoms. The summed E-state index contributed by atoms with van der Waals surface area (Å²) in [5, 5.41) is 0. The zero-order valence-electron chi connectivity index (χ0n) is 13.4. The van der Waals surface area contributed by atoms with Gasteiger partial charge in [-0.25, -0.2) is 9.66 Å². The monoisotopic (exact) mass is 389 g/mol. The molecule has 0 saturated heterocycles. The van der Waals surface area contributed by atoms with Gasteiger partial charge < -0.3 is 0 Å². The Morgan fingerprint density at radius 3 is 1.96 bits per heavy atom. The van der Waals surface area contributed by atoms with Crippen molar-refractivity contribution in [2.45, 2.75) is 0 Å². The fourth-order valence-electron chi connectivity index (χ4n) is 2.78. The minimum atomic E-state index is 0.955. The van der Waals surface area contributed by atoms with Crippen LogP contribution in [-0.2, 0) is 0 Å². The Hall–Kier alpha value is -2.85. The van der Waals surface area contributed by atoms with Crippen molar-refractivity contribution in [3.8, 4) is 22.5 Å². The molecule has 0 amide bonds. The fraction of sp³-hybridized carbons (Fsp3) is 0. The summed E-state index contributed by atoms with van der Waals surface area (Å²) in [7, 11) is 0. The molecule has 1 aromatic heterocycles. The number of nitrogens with one attached hydrogen (secondary N) is 1. The first-order valence-electron chi connectivity index (χ1n) is 8.02. The lowest BCUT2D eigenvalue weighted by molar-refractivity contribution is 0.962. The van der Waals surface area contributed by atoms with Crippen LogP contribution in [0.5, 0.6) is 0 Å². The van der Waals surface area contributed by atoms with Crippen LogP contribution in [0, 0.1) is 0 Å². The van der Waals surface area contributed by atoms with E-state index in [0.717, 1.165) is 32.7 Å². The second-order valence-corrected chi connectivity index (χ2v) is 6.58. The summed E-state index contributed by atoms with van der Waals surface area (Å²) in [5.41, 5.74) is 8.62. The molecule has 0 atom stereocenters. The van der Waals surface area contributed by atoms with Crippen molar-refractivity contribution in [2.75, 3.05) is 5.43 Å². The highest BCUT2D eigenvalue weighted by molar-refractivity contribution is 9.10. The molecule has 0 aliphatic rings. The van der Waals surface area contributed by atoms with Gasteiger partial charge in [0.15, 0.2) is 0 Å². The van der Waals surface area contributed by atoms with Gasteiger partial charge in [-0.2, -0.15) is 0 Å². The van der Waals surface area contributed by atoms with E-state index in [4.69, 9.17) is 0 Å². The SMILES string of the molecule is Brc1ccc(Nn2cnc(-c3ccccc3)c2-c2ccccc2)cc1. The van der Waals surface area contributed by atoms with E-state index in [1.807, 2.05) is 71.7 Å². The molecule has 0 saturated carbocycles. The highest BCUT2D eigenvalue weighted by atomic mass is 79.9. The van der Waals surface area contributed by atoms with E-state index in [1.54, 1.807) is 0 Å². The van der Waals surface area contributed by atoms with Gasteiger partial charge in [-0.3, -0.25) is 5.43 Å². The van der Waals surface area contributed by atoms with Crippen LogP contribution >= 0.6 is 15.9 Å². The lowest BCUT2D eigenvalue weighted by Gasteiger charge is -2.13. The maximum absolute atomic E-state index is 4.67. The molecule has 4 heteroatoms. The van der Waals surface area contributed by atoms with Crippen LogP contribution in [0.25, 0.3) is 22.5 Å². The second kappa shape index (κ2) is 6.95. The summed E-state index contributed by atoms with van der Waals surface area (Å²) in [6.45, 7) is 0. The summed E-state index contributed by atoms with van der Waals surface area (Å²) < 4.78 is 3.03. The molecule has 0 aliphatic carbocycles. The molecular weight excluding hydrogens is 374 g/mol. The number of nitrogens with zero attached hydrogens (tertiary/aromatic N) is 2. The Bertz CT molecular complexity index is 961. The third kappa shape index (κ3) is 3.35. The standard InChI is InChI=1S/C21H16BrN3/c22-18-11-13-19(14-12-18)24-25-15-23-20(16-7-3-1-4-8-16)21(25)17-9-5-2-6-10-17/h1-15,24H. The first-order chi connectivity index (χ1) is 12.3. The average Bonchev–Trinajstić information content (AvgIpc) is 3.08. The van der Waals surface area contributed by atoms with Gasteiger partial charge >= 0.3 is 0 Å². The molecule has 0 aliphatic heterocycles. The third-order valence-corrected chi connectivity index (χ3v) is 4.48. The van der Waals surface area contributed by atoms with Gasteiger partial charge in [0.1, 0.15) is 6.33 Å². The van der Waals surface area contributed by atoms with E-state index in [0.29, 0.717) is 0 Å². The number of hydrogen-bond acceptors (Lipinski definition) is 2. The summed E-state index contributed by atoms with van der Waals surface area (Å²) in [4.78, 5) is 4.67. The highest BCUT2D eigenvalue weighted by Crippen LogP contribution is 2.31. The maximum atomic E-state index is 4.67. The van der Waals surface area contributed by atoms with Crippen molar-refractivity contribution in [3.05, 3.63) is 95.7 Å². The Kier molecular flexibility index (Phi) is 4.36. The Labute approximate surface area is 155 Å². The number of benzene rings is 3. The third-order valence-electron chi connectivity index (χ3n) is 3.96. The van der Waals surface area contributed by atoms with Crippen molar-refractivity contribution < 1.29 is 0 Å². The summed E-state index contributed by atoms with van der Waals surface area (Å²) in [6.07, 6.45) is 1.83. The quantitative estimate of drug-likeness (QED) is 0.473. The minimum Gasteiger partial charge on any atom is -0.293 e. The smallest absolute Gasteiger partial charge is 0.116 e. The Balaban J connectivity index is 1.82. The minimum absolute atomic E-state index is 0.955. The summed E-state index contributed by atoms with van der Waals surface area (Å²) in [6, 6.07) is 28.6. The lowest BCUT2D eigenvalue weighted by atomic mass is 10.1. The first kappa shape index (κ1) is 15.7. The molecule has 122 valence electrons. The number of aromatic nitrogens is 2. The van der Waals surface area contributed by atoms with Crippen LogP contribution < -0.4 is 5.43 Å². The normalized spacial score (nSPS) is 10.6. The van der Waals surface area contributed by atoms with Crippen LogP contribution in [-0.4, -0.2) is 9.66 Å². The van der Waals surface area contributed by atoms with Gasteiger partial charge in [0.25, 0.3) is 0 Å². The van der Waals surface area contributed by atoms with Crippen LogP contribution in [0.1, 0.15) is 0 Å². The van der Waals surface area contributed by atoms with Crippen LogP contribution in [0.3, 0.4) is 0 Å². The predicted molar refractivity (Wildman–Crippen MR) is 106 cm³/mol. The van der Waals surface area contributed by atoms with E-state index in [1.165, 1.54) is 0 Å². The number of halogens is 1. The Morgan fingerprint density at radius 2 is 1.32 bits per heavy atom. The molecule has 3 nitrogen and oxygen atoms in total. The topological polar surface area (TPSA) is 29.9 Å². The lowest BCUT2D eigenvalue weighted by Crippen LogP contribution is -2.09. The van der Waals surface area contributed by atoms with Gasteiger partial charge in [0.2, 0.25) is 0 Å². The van der Waals surface area contributed by atoms with Crippen molar-refractivity contribution >= 4 is 21.6 Å². The number of anilines is 1. The highest BCUT2D eigenvalue weighted by Gasteiger charge is 2.15. The van der Waals surface area contributed by atoms with Gasteiger partial charge in [-0.15, -0.1) is 0 Å². The van der Waals surface area contributed by atoms with Crippen molar-refractivity contribution in [2.24, 2.45) is 0 Å². The molecule has 3 aromatic carbocycles. The molecular formula is C21H16BrN3. The van der Waals surface area contributed by atoms with E-state index in [2.05, 4.69) is 50.6 Å². The molecule has 0 bridgehead atoms. The summed E-state index contributed by atoms with van der Waals surface area (Å²) in [5.74, 6) is 0.